The van der Waals surface area contributed by atoms with E-state index in [1.165, 1.54) is 37.1 Å². The van der Waals surface area contributed by atoms with E-state index in [1.807, 2.05) is 6.20 Å². The highest BCUT2D eigenvalue weighted by Gasteiger charge is 2.41. The summed E-state index contributed by atoms with van der Waals surface area (Å²) >= 11 is 1.80. The molecule has 2 saturated heterocycles. The summed E-state index contributed by atoms with van der Waals surface area (Å²) in [5.41, 5.74) is 6.21. The van der Waals surface area contributed by atoms with Crippen LogP contribution in [0, 0.1) is 0 Å². The molecule has 2 bridgehead atoms. The fraction of sp³-hybridized carbons (Fsp3) is 0.786. The molecule has 2 aliphatic rings. The first-order chi connectivity index (χ1) is 8.79. The number of hydrogen-bond acceptors (Lipinski definition) is 4. The van der Waals surface area contributed by atoms with Gasteiger partial charge >= 0.3 is 0 Å². The van der Waals surface area contributed by atoms with Crippen LogP contribution in [0.15, 0.2) is 11.6 Å². The summed E-state index contributed by atoms with van der Waals surface area (Å²) in [5.74, 6) is 0. The minimum atomic E-state index is 0.422. The van der Waals surface area contributed by atoms with Crippen molar-refractivity contribution in [3.05, 3.63) is 16.6 Å². The molecular weight excluding hydrogens is 242 g/mol. The molecule has 18 heavy (non-hydrogen) atoms. The van der Waals surface area contributed by atoms with Gasteiger partial charge in [-0.1, -0.05) is 13.3 Å². The van der Waals surface area contributed by atoms with Crippen LogP contribution in [0.25, 0.3) is 0 Å². The summed E-state index contributed by atoms with van der Waals surface area (Å²) < 4.78 is 0. The second-order valence-electron chi connectivity index (χ2n) is 5.71. The zero-order valence-electron chi connectivity index (χ0n) is 11.1. The van der Waals surface area contributed by atoms with Crippen molar-refractivity contribution in [1.29, 1.82) is 0 Å². The summed E-state index contributed by atoms with van der Waals surface area (Å²) in [7, 11) is 0. The largest absolute Gasteiger partial charge is 0.328 e. The van der Waals surface area contributed by atoms with Crippen LogP contribution >= 0.6 is 11.3 Å². The standard InChI is InChI=1S/C14H23N3S/c1-2-13(14-16-6-7-18-14)17-11-4-3-5-12(17)9-10(15)8-11/h6-7,10-13H,2-5,8-9,15H2,1H3. The number of rotatable bonds is 3. The van der Waals surface area contributed by atoms with Crippen LogP contribution in [0.2, 0.25) is 0 Å². The van der Waals surface area contributed by atoms with Crippen LogP contribution in [0.1, 0.15) is 56.5 Å². The van der Waals surface area contributed by atoms with E-state index in [1.54, 1.807) is 11.3 Å². The Labute approximate surface area is 113 Å². The van der Waals surface area contributed by atoms with Gasteiger partial charge in [0.1, 0.15) is 5.01 Å². The summed E-state index contributed by atoms with van der Waals surface area (Å²) in [6.07, 6.45) is 9.49. The number of hydrogen-bond donors (Lipinski definition) is 1. The second kappa shape index (κ2) is 5.27. The highest BCUT2D eigenvalue weighted by molar-refractivity contribution is 7.09. The number of aromatic nitrogens is 1. The maximum absolute atomic E-state index is 6.21. The van der Waals surface area contributed by atoms with Gasteiger partial charge in [-0.2, -0.15) is 0 Å². The van der Waals surface area contributed by atoms with Crippen molar-refractivity contribution in [3.63, 3.8) is 0 Å². The molecule has 0 saturated carbocycles. The molecule has 0 radical (unpaired) electrons. The Bertz CT molecular complexity index is 364. The number of nitrogens with two attached hydrogens (primary N) is 1. The second-order valence-corrected chi connectivity index (χ2v) is 6.64. The zero-order chi connectivity index (χ0) is 12.5. The third kappa shape index (κ3) is 2.22. The van der Waals surface area contributed by atoms with Gasteiger partial charge in [-0.05, 0) is 32.1 Å². The Morgan fingerprint density at radius 3 is 2.72 bits per heavy atom. The van der Waals surface area contributed by atoms with Gasteiger partial charge in [0, 0.05) is 29.7 Å². The SMILES string of the molecule is CCC(c1nccs1)N1C2CCCC1CC(N)C2. The van der Waals surface area contributed by atoms with Crippen LogP contribution < -0.4 is 5.73 Å². The monoisotopic (exact) mass is 265 g/mol. The van der Waals surface area contributed by atoms with E-state index >= 15 is 0 Å². The molecule has 100 valence electrons. The molecule has 1 aromatic rings. The first kappa shape index (κ1) is 12.6. The van der Waals surface area contributed by atoms with Gasteiger partial charge in [-0.15, -0.1) is 11.3 Å². The van der Waals surface area contributed by atoms with E-state index in [9.17, 15) is 0 Å². The number of nitrogens with zero attached hydrogens (tertiary/aromatic N) is 2. The molecule has 3 heterocycles. The van der Waals surface area contributed by atoms with Crippen molar-refractivity contribution >= 4 is 11.3 Å². The van der Waals surface area contributed by atoms with Crippen molar-refractivity contribution in [2.24, 2.45) is 5.73 Å². The molecule has 0 aromatic carbocycles. The van der Waals surface area contributed by atoms with Crippen LogP contribution in [0.4, 0.5) is 0 Å². The molecule has 2 fully saturated rings. The van der Waals surface area contributed by atoms with E-state index in [4.69, 9.17) is 5.73 Å². The Balaban J connectivity index is 1.85. The van der Waals surface area contributed by atoms with E-state index in [0.717, 1.165) is 6.42 Å². The molecule has 0 amide bonds. The van der Waals surface area contributed by atoms with Crippen molar-refractivity contribution in [2.75, 3.05) is 0 Å². The molecule has 1 aromatic heterocycles. The first-order valence-electron chi connectivity index (χ1n) is 7.22. The molecule has 3 unspecified atom stereocenters. The summed E-state index contributed by atoms with van der Waals surface area (Å²) in [6.45, 7) is 2.29. The minimum Gasteiger partial charge on any atom is -0.328 e. The number of fused-ring (bicyclic) bond motifs is 2. The number of piperidine rings is 2. The van der Waals surface area contributed by atoms with Gasteiger partial charge in [0.05, 0.1) is 6.04 Å². The van der Waals surface area contributed by atoms with E-state index in [0.29, 0.717) is 24.2 Å². The molecule has 3 nitrogen and oxygen atoms in total. The Morgan fingerprint density at radius 2 is 2.17 bits per heavy atom. The number of thiazole rings is 1. The molecule has 2 N–H and O–H groups in total. The molecule has 0 aliphatic carbocycles. The smallest absolute Gasteiger partial charge is 0.110 e. The van der Waals surface area contributed by atoms with Gasteiger partial charge in [0.25, 0.3) is 0 Å². The summed E-state index contributed by atoms with van der Waals surface area (Å²) in [5, 5.41) is 3.40. The third-order valence-corrected chi connectivity index (χ3v) is 5.43. The van der Waals surface area contributed by atoms with Crippen molar-refractivity contribution in [2.45, 2.75) is 69.6 Å². The van der Waals surface area contributed by atoms with Gasteiger partial charge in [0.15, 0.2) is 0 Å². The minimum absolute atomic E-state index is 0.422. The highest BCUT2D eigenvalue weighted by Crippen LogP contribution is 2.41. The van der Waals surface area contributed by atoms with Gasteiger partial charge < -0.3 is 5.73 Å². The van der Waals surface area contributed by atoms with Crippen molar-refractivity contribution < 1.29 is 0 Å². The van der Waals surface area contributed by atoms with Crippen LogP contribution in [-0.2, 0) is 0 Å². The Kier molecular flexibility index (Phi) is 3.68. The Morgan fingerprint density at radius 1 is 1.44 bits per heavy atom. The van der Waals surface area contributed by atoms with Gasteiger partial charge in [-0.25, -0.2) is 4.98 Å². The lowest BCUT2D eigenvalue weighted by Gasteiger charge is -2.51. The van der Waals surface area contributed by atoms with Crippen molar-refractivity contribution in [3.8, 4) is 0 Å². The third-order valence-electron chi connectivity index (χ3n) is 4.55. The van der Waals surface area contributed by atoms with Crippen molar-refractivity contribution in [1.82, 2.24) is 9.88 Å². The first-order valence-corrected chi connectivity index (χ1v) is 8.10. The molecular formula is C14H23N3S. The lowest BCUT2D eigenvalue weighted by atomic mass is 9.80. The molecule has 2 aliphatic heterocycles. The van der Waals surface area contributed by atoms with Gasteiger partial charge in [0.2, 0.25) is 0 Å². The fourth-order valence-electron chi connectivity index (χ4n) is 3.88. The molecule has 3 atom stereocenters. The highest BCUT2D eigenvalue weighted by atomic mass is 32.1. The quantitative estimate of drug-likeness (QED) is 0.913. The Hall–Kier alpha value is -0.450. The van der Waals surface area contributed by atoms with Crippen LogP contribution in [0.3, 0.4) is 0 Å². The lowest BCUT2D eigenvalue weighted by Crippen LogP contribution is -2.56. The zero-order valence-corrected chi connectivity index (χ0v) is 11.9. The average Bonchev–Trinajstić information content (AvgIpc) is 2.84. The summed E-state index contributed by atoms with van der Waals surface area (Å²) in [6, 6.07) is 2.33. The van der Waals surface area contributed by atoms with E-state index in [2.05, 4.69) is 22.2 Å². The predicted molar refractivity (Wildman–Crippen MR) is 75.6 cm³/mol. The fourth-order valence-corrected chi connectivity index (χ4v) is 4.71. The molecule has 3 rings (SSSR count). The van der Waals surface area contributed by atoms with E-state index in [-0.39, 0.29) is 0 Å². The maximum atomic E-state index is 6.21. The van der Waals surface area contributed by atoms with Crippen LogP contribution in [-0.4, -0.2) is 28.0 Å². The normalized spacial score (nSPS) is 34.4. The lowest BCUT2D eigenvalue weighted by molar-refractivity contribution is -0.00792. The topological polar surface area (TPSA) is 42.2 Å². The van der Waals surface area contributed by atoms with Gasteiger partial charge in [-0.3, -0.25) is 4.90 Å². The summed E-state index contributed by atoms with van der Waals surface area (Å²) in [4.78, 5) is 7.31. The van der Waals surface area contributed by atoms with Crippen LogP contribution in [0.5, 0.6) is 0 Å². The maximum Gasteiger partial charge on any atom is 0.110 e. The molecule has 4 heteroatoms. The predicted octanol–water partition coefficient (Wildman–Crippen LogP) is 2.94. The van der Waals surface area contributed by atoms with E-state index < -0.39 is 0 Å². The average molecular weight is 265 g/mol. The molecule has 0 spiro atoms.